The van der Waals surface area contributed by atoms with E-state index in [1.807, 2.05) is 6.92 Å². The molecule has 0 aromatic heterocycles. The number of ketones is 1. The van der Waals surface area contributed by atoms with Gasteiger partial charge in [-0.05, 0) is 42.3 Å². The summed E-state index contributed by atoms with van der Waals surface area (Å²) in [5.74, 6) is -1.07. The van der Waals surface area contributed by atoms with Gasteiger partial charge in [0.25, 0.3) is 11.7 Å². The third-order valence-corrected chi connectivity index (χ3v) is 5.35. The number of halogens is 2. The molecule has 1 saturated heterocycles. The number of benzene rings is 2. The Morgan fingerprint density at radius 2 is 1.89 bits per heavy atom. The van der Waals surface area contributed by atoms with Crippen molar-refractivity contribution in [2.45, 2.75) is 19.4 Å². The Bertz CT molecular complexity index is 971. The summed E-state index contributed by atoms with van der Waals surface area (Å²) < 4.78 is 5.27. The molecule has 2 aromatic rings. The normalized spacial score (nSPS) is 18.6. The zero-order chi connectivity index (χ0) is 20.4. The number of Topliss-reactive ketones (excluding diaryl/α,β-unsaturated/α-hetero) is 1. The number of carbonyl (C=O) groups excluding carboxylic acids is 2. The number of aliphatic hydroxyl groups excluding tert-OH is 1. The molecule has 0 aliphatic carbocycles. The summed E-state index contributed by atoms with van der Waals surface area (Å²) in [5.41, 5.74) is 1.01. The highest BCUT2D eigenvalue weighted by atomic mass is 35.5. The van der Waals surface area contributed by atoms with Crippen LogP contribution < -0.4 is 4.74 Å². The van der Waals surface area contributed by atoms with Crippen LogP contribution in [0.1, 0.15) is 30.5 Å². The van der Waals surface area contributed by atoms with Gasteiger partial charge in [-0.1, -0.05) is 42.3 Å². The number of amides is 1. The average molecular weight is 420 g/mol. The minimum atomic E-state index is -0.732. The lowest BCUT2D eigenvalue weighted by atomic mass is 9.95. The minimum Gasteiger partial charge on any atom is -0.507 e. The summed E-state index contributed by atoms with van der Waals surface area (Å²) in [6.07, 6.45) is 0.667. The fourth-order valence-corrected chi connectivity index (χ4v) is 3.61. The van der Waals surface area contributed by atoms with E-state index < -0.39 is 17.7 Å². The van der Waals surface area contributed by atoms with E-state index in [0.29, 0.717) is 34.9 Å². The molecule has 1 aliphatic rings. The third kappa shape index (κ3) is 3.60. The van der Waals surface area contributed by atoms with Crippen molar-refractivity contribution in [1.82, 2.24) is 4.90 Å². The summed E-state index contributed by atoms with van der Waals surface area (Å²) in [6.45, 7) is 2.30. The molecule has 1 N–H and O–H groups in total. The average Bonchev–Trinajstić information content (AvgIpc) is 2.95. The lowest BCUT2D eigenvalue weighted by Gasteiger charge is -2.25. The van der Waals surface area contributed by atoms with Crippen LogP contribution in [-0.4, -0.2) is 35.4 Å². The summed E-state index contributed by atoms with van der Waals surface area (Å²) in [4.78, 5) is 26.9. The fourth-order valence-electron chi connectivity index (χ4n) is 3.31. The zero-order valence-corrected chi connectivity index (χ0v) is 16.9. The molecule has 28 heavy (non-hydrogen) atoms. The van der Waals surface area contributed by atoms with E-state index in [1.54, 1.807) is 30.3 Å². The van der Waals surface area contributed by atoms with Crippen molar-refractivity contribution in [2.75, 3.05) is 13.7 Å². The van der Waals surface area contributed by atoms with E-state index in [2.05, 4.69) is 0 Å². The number of ether oxygens (including phenoxy) is 1. The largest absolute Gasteiger partial charge is 0.507 e. The summed E-state index contributed by atoms with van der Waals surface area (Å²) >= 11 is 12.0. The number of nitrogens with zero attached hydrogens (tertiary/aromatic N) is 1. The van der Waals surface area contributed by atoms with E-state index in [9.17, 15) is 14.7 Å². The quantitative estimate of drug-likeness (QED) is 0.427. The molecule has 3 rings (SSSR count). The van der Waals surface area contributed by atoms with Crippen molar-refractivity contribution in [2.24, 2.45) is 0 Å². The topological polar surface area (TPSA) is 66.8 Å². The Labute approximate surface area is 173 Å². The van der Waals surface area contributed by atoms with Crippen LogP contribution in [0.15, 0.2) is 48.0 Å². The van der Waals surface area contributed by atoms with Crippen LogP contribution in [0.25, 0.3) is 5.76 Å². The van der Waals surface area contributed by atoms with Gasteiger partial charge in [0.05, 0.1) is 28.8 Å². The molecule has 5 nitrogen and oxygen atoms in total. The second-order valence-electron chi connectivity index (χ2n) is 6.40. The van der Waals surface area contributed by atoms with Gasteiger partial charge in [-0.3, -0.25) is 9.59 Å². The molecule has 146 valence electrons. The smallest absolute Gasteiger partial charge is 0.295 e. The van der Waals surface area contributed by atoms with Gasteiger partial charge in [0.2, 0.25) is 0 Å². The van der Waals surface area contributed by atoms with Gasteiger partial charge in [0.15, 0.2) is 0 Å². The summed E-state index contributed by atoms with van der Waals surface area (Å²) in [7, 11) is 1.54. The predicted molar refractivity (Wildman–Crippen MR) is 109 cm³/mol. The van der Waals surface area contributed by atoms with E-state index in [0.717, 1.165) is 0 Å². The summed E-state index contributed by atoms with van der Waals surface area (Å²) in [6, 6.07) is 10.9. The van der Waals surface area contributed by atoms with Gasteiger partial charge in [-0.25, -0.2) is 0 Å². The van der Waals surface area contributed by atoms with Gasteiger partial charge in [0, 0.05) is 12.1 Å². The highest BCUT2D eigenvalue weighted by Gasteiger charge is 2.45. The van der Waals surface area contributed by atoms with Gasteiger partial charge in [-0.2, -0.15) is 0 Å². The lowest BCUT2D eigenvalue weighted by Crippen LogP contribution is -2.30. The second-order valence-corrected chi connectivity index (χ2v) is 7.21. The van der Waals surface area contributed by atoms with Crippen molar-refractivity contribution >= 4 is 40.7 Å². The predicted octanol–water partition coefficient (Wildman–Crippen LogP) is 4.83. The number of carbonyl (C=O) groups is 2. The van der Waals surface area contributed by atoms with Crippen LogP contribution in [-0.2, 0) is 9.59 Å². The van der Waals surface area contributed by atoms with Crippen LogP contribution in [0.5, 0.6) is 5.75 Å². The first-order valence-corrected chi connectivity index (χ1v) is 9.52. The van der Waals surface area contributed by atoms with E-state index in [4.69, 9.17) is 27.9 Å². The Kier molecular flexibility index (Phi) is 5.96. The van der Waals surface area contributed by atoms with E-state index in [1.165, 1.54) is 24.1 Å². The van der Waals surface area contributed by atoms with Crippen LogP contribution in [0.4, 0.5) is 0 Å². The fraction of sp³-hybridized carbons (Fsp3) is 0.238. The molecule has 0 spiro atoms. The number of hydrogen-bond acceptors (Lipinski definition) is 4. The molecule has 1 atom stereocenters. The monoisotopic (exact) mass is 419 g/mol. The maximum Gasteiger partial charge on any atom is 0.295 e. The van der Waals surface area contributed by atoms with Crippen molar-refractivity contribution < 1.29 is 19.4 Å². The molecular formula is C21H19Cl2NO4. The number of aliphatic hydroxyl groups is 1. The number of likely N-dealkylation sites (tertiary alicyclic amines) is 1. The Morgan fingerprint density at radius 1 is 1.14 bits per heavy atom. The van der Waals surface area contributed by atoms with Crippen molar-refractivity contribution in [3.05, 3.63) is 69.2 Å². The van der Waals surface area contributed by atoms with Crippen molar-refractivity contribution in [1.29, 1.82) is 0 Å². The first-order valence-electron chi connectivity index (χ1n) is 8.76. The standard InChI is InChI=1S/C21H19Cl2NO4/c1-3-9-24-18(12-5-4-6-14(10-12)28-2)17(20(26)21(24)27)19(25)13-7-8-15(22)16(23)11-13/h4-8,10-11,18,25H,3,9H2,1-2H3/b19-17-. The molecule has 1 heterocycles. The highest BCUT2D eigenvalue weighted by molar-refractivity contribution is 6.46. The van der Waals surface area contributed by atoms with Crippen molar-refractivity contribution in [3.63, 3.8) is 0 Å². The molecule has 1 fully saturated rings. The first kappa shape index (κ1) is 20.2. The van der Waals surface area contributed by atoms with Gasteiger partial charge in [-0.15, -0.1) is 0 Å². The minimum absolute atomic E-state index is 0.0186. The Morgan fingerprint density at radius 3 is 2.54 bits per heavy atom. The molecule has 2 aromatic carbocycles. The third-order valence-electron chi connectivity index (χ3n) is 4.61. The maximum atomic E-state index is 12.8. The molecule has 0 saturated carbocycles. The lowest BCUT2D eigenvalue weighted by molar-refractivity contribution is -0.139. The van der Waals surface area contributed by atoms with Crippen LogP contribution >= 0.6 is 23.2 Å². The second kappa shape index (κ2) is 8.25. The zero-order valence-electron chi connectivity index (χ0n) is 15.4. The van der Waals surface area contributed by atoms with Crippen LogP contribution in [0.3, 0.4) is 0 Å². The van der Waals surface area contributed by atoms with Crippen molar-refractivity contribution in [3.8, 4) is 5.75 Å². The van der Waals surface area contributed by atoms with E-state index in [-0.39, 0.29) is 16.4 Å². The first-order chi connectivity index (χ1) is 13.4. The maximum absolute atomic E-state index is 12.8. The van der Waals surface area contributed by atoms with Gasteiger partial charge in [0.1, 0.15) is 11.5 Å². The highest BCUT2D eigenvalue weighted by Crippen LogP contribution is 2.40. The van der Waals surface area contributed by atoms with Gasteiger partial charge >= 0.3 is 0 Å². The molecular weight excluding hydrogens is 401 g/mol. The summed E-state index contributed by atoms with van der Waals surface area (Å²) in [5, 5.41) is 11.5. The Hall–Kier alpha value is -2.50. The molecule has 7 heteroatoms. The van der Waals surface area contributed by atoms with Crippen LogP contribution in [0, 0.1) is 0 Å². The molecule has 1 aliphatic heterocycles. The molecule has 0 radical (unpaired) electrons. The molecule has 1 unspecified atom stereocenters. The molecule has 0 bridgehead atoms. The molecule has 1 amide bonds. The number of methoxy groups -OCH3 is 1. The number of rotatable bonds is 5. The number of hydrogen-bond donors (Lipinski definition) is 1. The Balaban J connectivity index is 2.21. The van der Waals surface area contributed by atoms with Gasteiger partial charge < -0.3 is 14.7 Å². The van der Waals surface area contributed by atoms with E-state index >= 15 is 0 Å². The SMILES string of the molecule is CCCN1C(=O)C(=O)/C(=C(\O)c2ccc(Cl)c(Cl)c2)C1c1cccc(OC)c1. The van der Waals surface area contributed by atoms with Crippen LogP contribution in [0.2, 0.25) is 10.0 Å².